The minimum atomic E-state index is -1.62. The maximum atomic E-state index is 7.46. The zero-order valence-electron chi connectivity index (χ0n) is 46.1. The molecule has 2 spiro atoms. The number of hydrogen-bond donors (Lipinski definition) is 0. The summed E-state index contributed by atoms with van der Waals surface area (Å²) >= 11 is 0. The lowest BCUT2D eigenvalue weighted by atomic mass is 9.88. The molecule has 3 heterocycles. The molecule has 3 saturated heterocycles. The Bertz CT molecular complexity index is 2840. The van der Waals surface area contributed by atoms with Gasteiger partial charge in [0.1, 0.15) is 62.0 Å². The summed E-state index contributed by atoms with van der Waals surface area (Å²) < 4.78 is 85.8. The first-order chi connectivity index (χ1) is 40.6. The summed E-state index contributed by atoms with van der Waals surface area (Å²) in [6.07, 6.45) is -6.41. The van der Waals surface area contributed by atoms with E-state index >= 15 is 0 Å². The van der Waals surface area contributed by atoms with Crippen molar-refractivity contribution in [1.82, 2.24) is 0 Å². The molecule has 12 heteroatoms. The van der Waals surface area contributed by atoms with Crippen molar-refractivity contribution in [1.29, 1.82) is 0 Å². The Balaban J connectivity index is 0.982. The van der Waals surface area contributed by atoms with Crippen LogP contribution in [0, 0.1) is 0 Å². The van der Waals surface area contributed by atoms with Crippen LogP contribution in [-0.2, 0) is 110 Å². The van der Waals surface area contributed by atoms with E-state index in [9.17, 15) is 0 Å². The Hall–Kier alpha value is -6.72. The maximum absolute atomic E-state index is 7.46. The Morgan fingerprint density at radius 2 is 0.488 bits per heavy atom. The number of hydrogen-bond acceptors (Lipinski definition) is 12. The molecule has 11 rings (SSSR count). The van der Waals surface area contributed by atoms with Gasteiger partial charge >= 0.3 is 0 Å². The number of benzene rings is 8. The second-order valence-electron chi connectivity index (χ2n) is 21.0. The molecule has 8 aromatic carbocycles. The highest BCUT2D eigenvalue weighted by atomic mass is 16.8. The van der Waals surface area contributed by atoms with Crippen molar-refractivity contribution in [3.63, 3.8) is 0 Å². The van der Waals surface area contributed by atoms with E-state index in [1.165, 1.54) is 0 Å². The van der Waals surface area contributed by atoms with Gasteiger partial charge < -0.3 is 56.8 Å². The fourth-order valence-corrected chi connectivity index (χ4v) is 10.8. The lowest BCUT2D eigenvalue weighted by Crippen LogP contribution is -2.76. The Morgan fingerprint density at radius 3 is 0.732 bits per heavy atom. The standard InChI is InChI=1S/C70H72O12/c1-9-25-53(26-10-1)41-71-49-61-63(73-43-55-29-13-3-14-30-55)65(75-45-57-33-17-5-18-34-57)67(77-47-59-37-21-7-22-38-59)69(81-61)51-80-70(52-79-69)68(78-48-60-39-23-8-24-40-60)66(76-46-58-35-19-6-20-36-58)64(74-44-56-31-15-4-16-32-56)62(82-70)50-72-42-54-27-11-2-12-28-54/h1-40,61-68H,41-52H2/t61-,62-,63+,64+,65+,66+,67-,68-,69-,70+/m1/s1. The van der Waals surface area contributed by atoms with Crippen molar-refractivity contribution in [3.05, 3.63) is 287 Å². The van der Waals surface area contributed by atoms with Crippen LogP contribution in [0.4, 0.5) is 0 Å². The van der Waals surface area contributed by atoms with Crippen LogP contribution in [0.3, 0.4) is 0 Å². The van der Waals surface area contributed by atoms with Crippen molar-refractivity contribution in [2.75, 3.05) is 26.4 Å². The van der Waals surface area contributed by atoms with E-state index < -0.39 is 60.4 Å². The summed E-state index contributed by atoms with van der Waals surface area (Å²) in [6.45, 7) is 1.97. The summed E-state index contributed by atoms with van der Waals surface area (Å²) in [5.74, 6) is -3.25. The van der Waals surface area contributed by atoms with Gasteiger partial charge in [-0.3, -0.25) is 0 Å². The molecule has 3 fully saturated rings. The quantitative estimate of drug-likeness (QED) is 0.0515. The molecule has 0 N–H and O–H groups in total. The molecule has 0 aliphatic carbocycles. The van der Waals surface area contributed by atoms with Crippen molar-refractivity contribution in [3.8, 4) is 0 Å². The summed E-state index contributed by atoms with van der Waals surface area (Å²) in [6, 6.07) is 80.6. The van der Waals surface area contributed by atoms with Crippen LogP contribution in [0.1, 0.15) is 44.5 Å². The van der Waals surface area contributed by atoms with Crippen LogP contribution in [0.2, 0.25) is 0 Å². The fraction of sp³-hybridized carbons (Fsp3) is 0.314. The molecule has 3 aliphatic rings. The van der Waals surface area contributed by atoms with Crippen LogP contribution >= 0.6 is 0 Å². The first kappa shape index (κ1) is 57.1. The zero-order chi connectivity index (χ0) is 55.5. The lowest BCUT2D eigenvalue weighted by Gasteiger charge is -2.58. The Labute approximate surface area is 481 Å². The highest BCUT2D eigenvalue weighted by Crippen LogP contribution is 2.46. The minimum absolute atomic E-state index is 0.122. The second kappa shape index (κ2) is 29.0. The van der Waals surface area contributed by atoms with E-state index in [1.54, 1.807) is 0 Å². The van der Waals surface area contributed by atoms with Gasteiger partial charge in [-0.05, 0) is 44.5 Å². The molecule has 12 nitrogen and oxygen atoms in total. The third kappa shape index (κ3) is 15.1. The van der Waals surface area contributed by atoms with E-state index in [2.05, 4.69) is 0 Å². The van der Waals surface area contributed by atoms with E-state index in [-0.39, 0.29) is 66.1 Å². The molecule has 3 aliphatic heterocycles. The molecule has 0 bridgehead atoms. The fourth-order valence-electron chi connectivity index (χ4n) is 10.8. The summed E-state index contributed by atoms with van der Waals surface area (Å²) in [4.78, 5) is 0. The van der Waals surface area contributed by atoms with Crippen LogP contribution in [-0.4, -0.2) is 86.8 Å². The summed E-state index contributed by atoms with van der Waals surface area (Å²) in [7, 11) is 0. The van der Waals surface area contributed by atoms with Gasteiger partial charge in [0.05, 0.1) is 66.1 Å². The molecule has 8 aromatic rings. The van der Waals surface area contributed by atoms with Gasteiger partial charge in [-0.15, -0.1) is 0 Å². The average molecular weight is 1110 g/mol. The molecule has 424 valence electrons. The first-order valence-electron chi connectivity index (χ1n) is 28.4. The van der Waals surface area contributed by atoms with Crippen molar-refractivity contribution >= 4 is 0 Å². The summed E-state index contributed by atoms with van der Waals surface area (Å²) in [5.41, 5.74) is 7.86. The van der Waals surface area contributed by atoms with Gasteiger partial charge in [0.2, 0.25) is 11.6 Å². The molecule has 0 radical (unpaired) electrons. The van der Waals surface area contributed by atoms with Crippen LogP contribution in [0.15, 0.2) is 243 Å². The average Bonchev–Trinajstić information content (AvgIpc) is 2.71. The normalized spacial score (nSPS) is 25.3. The third-order valence-electron chi connectivity index (χ3n) is 15.1. The zero-order valence-corrected chi connectivity index (χ0v) is 46.1. The lowest BCUT2D eigenvalue weighted by molar-refractivity contribution is -0.477. The first-order valence-corrected chi connectivity index (χ1v) is 28.4. The smallest absolute Gasteiger partial charge is 0.222 e. The van der Waals surface area contributed by atoms with Crippen molar-refractivity contribution < 1.29 is 56.8 Å². The highest BCUT2D eigenvalue weighted by Gasteiger charge is 2.66. The molecule has 0 saturated carbocycles. The second-order valence-corrected chi connectivity index (χ2v) is 21.0. The monoisotopic (exact) mass is 1100 g/mol. The van der Waals surface area contributed by atoms with Crippen molar-refractivity contribution in [2.24, 2.45) is 0 Å². The number of rotatable bonds is 26. The molecular weight excluding hydrogens is 1030 g/mol. The molecule has 82 heavy (non-hydrogen) atoms. The maximum Gasteiger partial charge on any atom is 0.222 e. The van der Waals surface area contributed by atoms with Gasteiger partial charge in [-0.25, -0.2) is 0 Å². The predicted molar refractivity (Wildman–Crippen MR) is 309 cm³/mol. The predicted octanol–water partition coefficient (Wildman–Crippen LogP) is 12.2. The van der Waals surface area contributed by atoms with Crippen molar-refractivity contribution in [2.45, 2.75) is 113 Å². The van der Waals surface area contributed by atoms with Gasteiger partial charge in [0.15, 0.2) is 0 Å². The van der Waals surface area contributed by atoms with E-state index in [0.717, 1.165) is 44.5 Å². The minimum Gasteiger partial charge on any atom is -0.374 e. The largest absolute Gasteiger partial charge is 0.374 e. The van der Waals surface area contributed by atoms with Crippen LogP contribution < -0.4 is 0 Å². The van der Waals surface area contributed by atoms with Gasteiger partial charge in [-0.1, -0.05) is 243 Å². The molecule has 0 amide bonds. The topological polar surface area (TPSA) is 111 Å². The van der Waals surface area contributed by atoms with Crippen LogP contribution in [0.5, 0.6) is 0 Å². The Morgan fingerprint density at radius 1 is 0.268 bits per heavy atom. The third-order valence-corrected chi connectivity index (χ3v) is 15.1. The summed E-state index contributed by atoms with van der Waals surface area (Å²) in [5, 5.41) is 0. The van der Waals surface area contributed by atoms with E-state index in [4.69, 9.17) is 56.8 Å². The van der Waals surface area contributed by atoms with E-state index in [1.807, 2.05) is 243 Å². The number of ether oxygens (including phenoxy) is 12. The Kier molecular flexibility index (Phi) is 20.2. The van der Waals surface area contributed by atoms with Gasteiger partial charge in [0, 0.05) is 0 Å². The van der Waals surface area contributed by atoms with Gasteiger partial charge in [0.25, 0.3) is 0 Å². The van der Waals surface area contributed by atoms with E-state index in [0.29, 0.717) is 13.2 Å². The molecule has 0 aromatic heterocycles. The SMILES string of the molecule is c1ccc(COC[C@H]2O[C@@]3(CO[C@]4(CO3)O[C@H](COCc3ccccc3)[C@H](OCc3ccccc3)[C@H](OCc3ccccc3)[C@H]4OCc3ccccc3)[C@H](OCc3ccccc3)[C@@H](OCc3ccccc3)[C@H]2OCc2ccccc2)cc1. The highest BCUT2D eigenvalue weighted by molar-refractivity contribution is 5.21. The molecular formula is C70H72O12. The molecule has 10 atom stereocenters. The molecule has 0 unspecified atom stereocenters. The van der Waals surface area contributed by atoms with Crippen LogP contribution in [0.25, 0.3) is 0 Å². The van der Waals surface area contributed by atoms with Gasteiger partial charge in [-0.2, -0.15) is 0 Å².